The Hall–Kier alpha value is -1.48. The van der Waals surface area contributed by atoms with Gasteiger partial charge in [-0.2, -0.15) is 0 Å². The Morgan fingerprint density at radius 2 is 2.14 bits per heavy atom. The largest absolute Gasteiger partial charge is 0.481 e. The van der Waals surface area contributed by atoms with Gasteiger partial charge in [0.25, 0.3) is 0 Å². The normalized spacial score (nSPS) is 10.4. The highest BCUT2D eigenvalue weighted by Gasteiger charge is 2.05. The van der Waals surface area contributed by atoms with Crippen molar-refractivity contribution in [1.82, 2.24) is 4.98 Å². The van der Waals surface area contributed by atoms with Crippen LogP contribution in [-0.2, 0) is 0 Å². The third-order valence-corrected chi connectivity index (χ3v) is 2.27. The van der Waals surface area contributed by atoms with Crippen LogP contribution in [0.2, 0.25) is 5.02 Å². The Bertz CT molecular complexity index is 485. The van der Waals surface area contributed by atoms with E-state index in [-0.39, 0.29) is 0 Å². The van der Waals surface area contributed by atoms with Crippen molar-refractivity contribution in [2.75, 3.05) is 12.8 Å². The number of hydrogen-bond donors (Lipinski definition) is 1. The monoisotopic (exact) mass is 208 g/mol. The molecule has 0 bridgehead atoms. The van der Waals surface area contributed by atoms with Crippen molar-refractivity contribution in [1.29, 1.82) is 0 Å². The fourth-order valence-corrected chi connectivity index (χ4v) is 1.54. The van der Waals surface area contributed by atoms with Crippen molar-refractivity contribution in [3.8, 4) is 5.88 Å². The molecule has 0 spiro atoms. The molecule has 1 heterocycles. The van der Waals surface area contributed by atoms with Crippen LogP contribution in [0.5, 0.6) is 5.88 Å². The standard InChI is InChI=1S/C10H9ClN2O/c1-14-10-7-3-2-6(11)4-8(7)9(12)5-13-10/h2-5H,12H2,1H3. The summed E-state index contributed by atoms with van der Waals surface area (Å²) in [4.78, 5) is 4.06. The lowest BCUT2D eigenvalue weighted by Gasteiger charge is -2.06. The molecule has 0 saturated carbocycles. The molecule has 72 valence electrons. The third-order valence-electron chi connectivity index (χ3n) is 2.04. The highest BCUT2D eigenvalue weighted by Crippen LogP contribution is 2.29. The maximum atomic E-state index is 5.87. The number of nitrogen functional groups attached to an aromatic ring is 1. The predicted octanol–water partition coefficient (Wildman–Crippen LogP) is 2.48. The van der Waals surface area contributed by atoms with Crippen LogP contribution < -0.4 is 10.5 Å². The van der Waals surface area contributed by atoms with E-state index in [4.69, 9.17) is 22.1 Å². The second-order valence-electron chi connectivity index (χ2n) is 2.91. The lowest BCUT2D eigenvalue weighted by molar-refractivity contribution is 0.403. The number of anilines is 1. The van der Waals surface area contributed by atoms with Crippen molar-refractivity contribution < 1.29 is 4.74 Å². The number of nitrogens with zero attached hydrogens (tertiary/aromatic N) is 1. The van der Waals surface area contributed by atoms with E-state index in [9.17, 15) is 0 Å². The lowest BCUT2D eigenvalue weighted by Crippen LogP contribution is -1.93. The van der Waals surface area contributed by atoms with Crippen LogP contribution in [0.4, 0.5) is 5.69 Å². The van der Waals surface area contributed by atoms with Crippen LogP contribution in [0.25, 0.3) is 10.8 Å². The van der Waals surface area contributed by atoms with Gasteiger partial charge in [-0.1, -0.05) is 11.6 Å². The van der Waals surface area contributed by atoms with E-state index in [0.29, 0.717) is 16.6 Å². The van der Waals surface area contributed by atoms with E-state index in [1.807, 2.05) is 6.07 Å². The minimum atomic E-state index is 0.561. The maximum absolute atomic E-state index is 5.87. The molecule has 0 amide bonds. The third kappa shape index (κ3) is 1.36. The van der Waals surface area contributed by atoms with E-state index >= 15 is 0 Å². The van der Waals surface area contributed by atoms with Crippen molar-refractivity contribution in [2.45, 2.75) is 0 Å². The zero-order chi connectivity index (χ0) is 10.1. The van der Waals surface area contributed by atoms with Crippen LogP contribution in [0.1, 0.15) is 0 Å². The number of methoxy groups -OCH3 is 1. The van der Waals surface area contributed by atoms with Gasteiger partial charge in [0.15, 0.2) is 0 Å². The summed E-state index contributed by atoms with van der Waals surface area (Å²) in [5.74, 6) is 0.561. The molecule has 2 N–H and O–H groups in total. The lowest BCUT2D eigenvalue weighted by atomic mass is 10.1. The average Bonchev–Trinajstić information content (AvgIpc) is 2.19. The minimum absolute atomic E-state index is 0.561. The number of fused-ring (bicyclic) bond motifs is 1. The molecule has 1 aromatic carbocycles. The van der Waals surface area contributed by atoms with Gasteiger partial charge < -0.3 is 10.5 Å². The summed E-state index contributed by atoms with van der Waals surface area (Å²) in [7, 11) is 1.58. The van der Waals surface area contributed by atoms with Crippen LogP contribution in [0.15, 0.2) is 24.4 Å². The number of hydrogen-bond acceptors (Lipinski definition) is 3. The van der Waals surface area contributed by atoms with Crippen LogP contribution in [0.3, 0.4) is 0 Å². The molecule has 3 nitrogen and oxygen atoms in total. The van der Waals surface area contributed by atoms with E-state index in [0.717, 1.165) is 10.8 Å². The van der Waals surface area contributed by atoms with Crippen LogP contribution in [-0.4, -0.2) is 12.1 Å². The van der Waals surface area contributed by atoms with E-state index < -0.39 is 0 Å². The number of ether oxygens (including phenoxy) is 1. The number of rotatable bonds is 1. The number of nitrogens with two attached hydrogens (primary N) is 1. The van der Waals surface area contributed by atoms with Gasteiger partial charge >= 0.3 is 0 Å². The highest BCUT2D eigenvalue weighted by atomic mass is 35.5. The van der Waals surface area contributed by atoms with E-state index in [1.165, 1.54) is 0 Å². The molecule has 1 aromatic heterocycles. The molecule has 0 saturated heterocycles. The Morgan fingerprint density at radius 1 is 1.36 bits per heavy atom. The second-order valence-corrected chi connectivity index (χ2v) is 3.35. The molecule has 0 atom stereocenters. The molecule has 0 aliphatic heterocycles. The number of pyridine rings is 1. The minimum Gasteiger partial charge on any atom is -0.481 e. The van der Waals surface area contributed by atoms with Gasteiger partial charge in [0.1, 0.15) is 0 Å². The molecule has 0 unspecified atom stereocenters. The summed E-state index contributed by atoms with van der Waals surface area (Å²) in [6.07, 6.45) is 1.57. The van der Waals surface area contributed by atoms with E-state index in [2.05, 4.69) is 4.98 Å². The SMILES string of the molecule is COc1ncc(N)c2cc(Cl)ccc12. The first kappa shape index (κ1) is 9.09. The molecule has 4 heteroatoms. The molecule has 2 aromatic rings. The zero-order valence-electron chi connectivity index (χ0n) is 7.62. The van der Waals surface area contributed by atoms with Gasteiger partial charge in [0, 0.05) is 15.8 Å². The molecule has 0 aliphatic rings. The Morgan fingerprint density at radius 3 is 2.86 bits per heavy atom. The molecule has 2 rings (SSSR count). The van der Waals surface area contributed by atoms with Gasteiger partial charge in [-0.3, -0.25) is 0 Å². The van der Waals surface area contributed by atoms with Gasteiger partial charge in [-0.05, 0) is 18.2 Å². The van der Waals surface area contributed by atoms with Crippen molar-refractivity contribution in [3.05, 3.63) is 29.4 Å². The number of benzene rings is 1. The maximum Gasteiger partial charge on any atom is 0.221 e. The van der Waals surface area contributed by atoms with Crippen molar-refractivity contribution in [2.24, 2.45) is 0 Å². The Labute approximate surface area is 86.5 Å². The number of aromatic nitrogens is 1. The highest BCUT2D eigenvalue weighted by molar-refractivity contribution is 6.31. The molecule has 14 heavy (non-hydrogen) atoms. The van der Waals surface area contributed by atoms with Gasteiger partial charge in [-0.25, -0.2) is 4.98 Å². The van der Waals surface area contributed by atoms with E-state index in [1.54, 1.807) is 25.4 Å². The average molecular weight is 209 g/mol. The van der Waals surface area contributed by atoms with Gasteiger partial charge in [-0.15, -0.1) is 0 Å². The zero-order valence-corrected chi connectivity index (χ0v) is 8.38. The summed E-state index contributed by atoms with van der Waals surface area (Å²) >= 11 is 5.87. The summed E-state index contributed by atoms with van der Waals surface area (Å²) in [5.41, 5.74) is 6.37. The summed E-state index contributed by atoms with van der Waals surface area (Å²) in [5, 5.41) is 2.39. The van der Waals surface area contributed by atoms with Crippen LogP contribution >= 0.6 is 11.6 Å². The van der Waals surface area contributed by atoms with Gasteiger partial charge in [0.05, 0.1) is 19.0 Å². The summed E-state index contributed by atoms with van der Waals surface area (Å²) in [6.45, 7) is 0. The fraction of sp³-hybridized carbons (Fsp3) is 0.100. The van der Waals surface area contributed by atoms with Crippen LogP contribution in [0, 0.1) is 0 Å². The summed E-state index contributed by atoms with van der Waals surface area (Å²) < 4.78 is 5.11. The molecular formula is C10H9ClN2O. The Balaban J connectivity index is 2.84. The van der Waals surface area contributed by atoms with Crippen molar-refractivity contribution in [3.63, 3.8) is 0 Å². The molecule has 0 fully saturated rings. The topological polar surface area (TPSA) is 48.1 Å². The van der Waals surface area contributed by atoms with Crippen molar-refractivity contribution >= 4 is 28.1 Å². The molecular weight excluding hydrogens is 200 g/mol. The smallest absolute Gasteiger partial charge is 0.221 e. The molecule has 0 aliphatic carbocycles. The first-order valence-electron chi connectivity index (χ1n) is 4.10. The second kappa shape index (κ2) is 3.35. The fourth-order valence-electron chi connectivity index (χ4n) is 1.37. The summed E-state index contributed by atoms with van der Waals surface area (Å²) in [6, 6.07) is 5.43. The Kier molecular flexibility index (Phi) is 2.17. The first-order chi connectivity index (χ1) is 6.72. The number of halogens is 1. The first-order valence-corrected chi connectivity index (χ1v) is 4.48. The molecule has 0 radical (unpaired) electrons. The van der Waals surface area contributed by atoms with Gasteiger partial charge in [0.2, 0.25) is 5.88 Å². The quantitative estimate of drug-likeness (QED) is 0.783. The predicted molar refractivity (Wildman–Crippen MR) is 57.7 cm³/mol.